The van der Waals surface area contributed by atoms with Crippen LogP contribution in [0.5, 0.6) is 0 Å². The van der Waals surface area contributed by atoms with Gasteiger partial charge >= 0.3 is 5.97 Å². The highest BCUT2D eigenvalue weighted by molar-refractivity contribution is 5.99. The van der Waals surface area contributed by atoms with Gasteiger partial charge in [0.2, 0.25) is 5.78 Å². The van der Waals surface area contributed by atoms with Gasteiger partial charge < -0.3 is 19.0 Å². The van der Waals surface area contributed by atoms with E-state index >= 15 is 0 Å². The van der Waals surface area contributed by atoms with Crippen LogP contribution in [-0.4, -0.2) is 35.4 Å². The number of Topliss-reactive ketones (excluding diaryl/α,β-unsaturated/α-hetero) is 1. The molecular weight excluding hydrogens is 372 g/mol. The molecular formula is C22H22N2O5. The standard InChI is InChI=1S/C22H22N2O5/c1-14-6-8-17(9-7-14)24-15(2)11-18(16(24)3)19(25)13-29-21(26)12-23-22(27)20-5-4-10-28-20/h4-11H,12-13H2,1-3H3,(H,23,27). The molecule has 0 aliphatic carbocycles. The second-order valence-electron chi connectivity index (χ2n) is 6.70. The van der Waals surface area contributed by atoms with E-state index in [2.05, 4.69) is 5.32 Å². The SMILES string of the molecule is Cc1ccc(-n2c(C)cc(C(=O)COC(=O)CNC(=O)c3ccco3)c2C)cc1. The summed E-state index contributed by atoms with van der Waals surface area (Å²) in [5, 5.41) is 2.38. The number of furan rings is 1. The van der Waals surface area contributed by atoms with Crippen molar-refractivity contribution in [3.05, 3.63) is 77.0 Å². The summed E-state index contributed by atoms with van der Waals surface area (Å²) in [6.07, 6.45) is 1.36. The lowest BCUT2D eigenvalue weighted by molar-refractivity contribution is -0.141. The van der Waals surface area contributed by atoms with Crippen molar-refractivity contribution in [3.8, 4) is 5.69 Å². The van der Waals surface area contributed by atoms with E-state index in [4.69, 9.17) is 9.15 Å². The molecule has 2 heterocycles. The van der Waals surface area contributed by atoms with Crippen LogP contribution >= 0.6 is 0 Å². The zero-order valence-electron chi connectivity index (χ0n) is 16.5. The normalized spacial score (nSPS) is 10.6. The molecule has 7 heteroatoms. The molecule has 7 nitrogen and oxygen atoms in total. The highest BCUT2D eigenvalue weighted by atomic mass is 16.5. The van der Waals surface area contributed by atoms with E-state index in [1.165, 1.54) is 12.3 Å². The molecule has 0 radical (unpaired) electrons. The van der Waals surface area contributed by atoms with Gasteiger partial charge in [0, 0.05) is 22.6 Å². The van der Waals surface area contributed by atoms with Crippen LogP contribution in [-0.2, 0) is 9.53 Å². The third-order valence-electron chi connectivity index (χ3n) is 4.53. The number of hydrogen-bond donors (Lipinski definition) is 1. The van der Waals surface area contributed by atoms with Crippen molar-refractivity contribution in [1.29, 1.82) is 0 Å². The molecule has 0 aliphatic heterocycles. The Hall–Kier alpha value is -3.61. The van der Waals surface area contributed by atoms with Crippen molar-refractivity contribution in [3.63, 3.8) is 0 Å². The molecule has 0 spiro atoms. The van der Waals surface area contributed by atoms with Gasteiger partial charge in [-0.2, -0.15) is 0 Å². The fraction of sp³-hybridized carbons (Fsp3) is 0.227. The highest BCUT2D eigenvalue weighted by Gasteiger charge is 2.18. The fourth-order valence-corrected chi connectivity index (χ4v) is 3.06. The van der Waals surface area contributed by atoms with Gasteiger partial charge in [-0.05, 0) is 51.1 Å². The fourth-order valence-electron chi connectivity index (χ4n) is 3.06. The second-order valence-corrected chi connectivity index (χ2v) is 6.70. The molecule has 3 aromatic rings. The summed E-state index contributed by atoms with van der Waals surface area (Å²) >= 11 is 0. The summed E-state index contributed by atoms with van der Waals surface area (Å²) in [5.41, 5.74) is 4.29. The number of rotatable bonds is 7. The van der Waals surface area contributed by atoms with Gasteiger partial charge in [-0.1, -0.05) is 17.7 Å². The number of carbonyl (C=O) groups excluding carboxylic acids is 3. The minimum absolute atomic E-state index is 0.0948. The van der Waals surface area contributed by atoms with Crippen molar-refractivity contribution in [1.82, 2.24) is 9.88 Å². The number of nitrogens with zero attached hydrogens (tertiary/aromatic N) is 1. The molecule has 1 amide bonds. The molecule has 0 saturated carbocycles. The van der Waals surface area contributed by atoms with E-state index in [0.717, 1.165) is 22.6 Å². The van der Waals surface area contributed by atoms with Gasteiger partial charge in [-0.3, -0.25) is 14.4 Å². The number of nitrogens with one attached hydrogen (secondary N) is 1. The third-order valence-corrected chi connectivity index (χ3v) is 4.53. The van der Waals surface area contributed by atoms with E-state index in [0.29, 0.717) is 5.56 Å². The molecule has 0 atom stereocenters. The summed E-state index contributed by atoms with van der Waals surface area (Å²) < 4.78 is 11.9. The van der Waals surface area contributed by atoms with E-state index in [1.807, 2.05) is 49.6 Å². The van der Waals surface area contributed by atoms with E-state index < -0.39 is 18.5 Å². The first kappa shape index (κ1) is 20.1. The zero-order valence-corrected chi connectivity index (χ0v) is 16.5. The van der Waals surface area contributed by atoms with Crippen molar-refractivity contribution < 1.29 is 23.5 Å². The first-order chi connectivity index (χ1) is 13.9. The third kappa shape index (κ3) is 4.63. The van der Waals surface area contributed by atoms with Crippen LogP contribution in [0.25, 0.3) is 5.69 Å². The van der Waals surface area contributed by atoms with Gasteiger partial charge in [0.05, 0.1) is 6.26 Å². The minimum atomic E-state index is -0.703. The predicted molar refractivity (Wildman–Crippen MR) is 106 cm³/mol. The van der Waals surface area contributed by atoms with Gasteiger partial charge in [-0.15, -0.1) is 0 Å². The van der Waals surface area contributed by atoms with E-state index in [9.17, 15) is 14.4 Å². The molecule has 29 heavy (non-hydrogen) atoms. The van der Waals surface area contributed by atoms with Gasteiger partial charge in [0.25, 0.3) is 5.91 Å². The highest BCUT2D eigenvalue weighted by Crippen LogP contribution is 2.21. The minimum Gasteiger partial charge on any atom is -0.459 e. The summed E-state index contributed by atoms with van der Waals surface area (Å²) in [6.45, 7) is 5.04. The number of aryl methyl sites for hydroxylation is 2. The molecule has 0 fully saturated rings. The lowest BCUT2D eigenvalue weighted by Crippen LogP contribution is -2.31. The summed E-state index contributed by atoms with van der Waals surface area (Å²) in [7, 11) is 0. The van der Waals surface area contributed by atoms with Crippen LogP contribution in [0.1, 0.15) is 37.9 Å². The Kier molecular flexibility index (Phi) is 5.97. The number of aromatic nitrogens is 1. The van der Waals surface area contributed by atoms with Crippen LogP contribution in [0.15, 0.2) is 53.1 Å². The Morgan fingerprint density at radius 1 is 1.07 bits per heavy atom. The Morgan fingerprint density at radius 2 is 1.79 bits per heavy atom. The van der Waals surface area contributed by atoms with Gasteiger partial charge in [0.15, 0.2) is 12.4 Å². The largest absolute Gasteiger partial charge is 0.459 e. The van der Waals surface area contributed by atoms with Crippen molar-refractivity contribution in [2.45, 2.75) is 20.8 Å². The molecule has 1 N–H and O–H groups in total. The maximum Gasteiger partial charge on any atom is 0.325 e. The van der Waals surface area contributed by atoms with E-state index in [-0.39, 0.29) is 18.1 Å². The van der Waals surface area contributed by atoms with Crippen LogP contribution < -0.4 is 5.32 Å². The Balaban J connectivity index is 1.59. The number of esters is 1. The number of carbonyl (C=O) groups is 3. The Morgan fingerprint density at radius 3 is 2.45 bits per heavy atom. The number of benzene rings is 1. The number of ether oxygens (including phenoxy) is 1. The Labute approximate surface area is 168 Å². The van der Waals surface area contributed by atoms with Crippen LogP contribution in [0.2, 0.25) is 0 Å². The Bertz CT molecular complexity index is 1030. The summed E-state index contributed by atoms with van der Waals surface area (Å²) in [5.74, 6) is -1.44. The van der Waals surface area contributed by atoms with Crippen LogP contribution in [0, 0.1) is 20.8 Å². The van der Waals surface area contributed by atoms with Gasteiger partial charge in [-0.25, -0.2) is 0 Å². The van der Waals surface area contributed by atoms with Crippen LogP contribution in [0.4, 0.5) is 0 Å². The second kappa shape index (κ2) is 8.60. The lowest BCUT2D eigenvalue weighted by atomic mass is 10.1. The topological polar surface area (TPSA) is 90.5 Å². The first-order valence-electron chi connectivity index (χ1n) is 9.13. The van der Waals surface area contributed by atoms with Crippen molar-refractivity contribution >= 4 is 17.7 Å². The molecule has 0 unspecified atom stereocenters. The number of ketones is 1. The molecule has 1 aromatic carbocycles. The summed E-state index contributed by atoms with van der Waals surface area (Å²) in [4.78, 5) is 36.1. The molecule has 150 valence electrons. The van der Waals surface area contributed by atoms with Crippen molar-refractivity contribution in [2.24, 2.45) is 0 Å². The summed E-state index contributed by atoms with van der Waals surface area (Å²) in [6, 6.07) is 12.8. The average Bonchev–Trinajstić information content (AvgIpc) is 3.33. The number of hydrogen-bond acceptors (Lipinski definition) is 5. The molecule has 0 bridgehead atoms. The molecule has 2 aromatic heterocycles. The smallest absolute Gasteiger partial charge is 0.325 e. The first-order valence-corrected chi connectivity index (χ1v) is 9.13. The van der Waals surface area contributed by atoms with Crippen LogP contribution in [0.3, 0.4) is 0 Å². The average molecular weight is 394 g/mol. The quantitative estimate of drug-likeness (QED) is 0.491. The van der Waals surface area contributed by atoms with Crippen molar-refractivity contribution in [2.75, 3.05) is 13.2 Å². The number of amides is 1. The molecule has 3 rings (SSSR count). The van der Waals surface area contributed by atoms with E-state index in [1.54, 1.807) is 12.1 Å². The van der Waals surface area contributed by atoms with Gasteiger partial charge in [0.1, 0.15) is 6.54 Å². The predicted octanol–water partition coefficient (Wildman–Crippen LogP) is 3.15. The monoisotopic (exact) mass is 394 g/mol. The maximum atomic E-state index is 12.6. The molecule has 0 saturated heterocycles. The molecule has 0 aliphatic rings. The maximum absolute atomic E-state index is 12.6. The zero-order chi connectivity index (χ0) is 21.0. The lowest BCUT2D eigenvalue weighted by Gasteiger charge is -2.10.